The maximum atomic E-state index is 2.41. The molecule has 11 aromatic carbocycles. The van der Waals surface area contributed by atoms with Crippen LogP contribution in [0.1, 0.15) is 16.7 Å². The zero-order valence-electron chi connectivity index (χ0n) is 36.8. The molecule has 0 aliphatic rings. The topological polar surface area (TPSA) is 8.17 Å². The van der Waals surface area contributed by atoms with Crippen LogP contribution in [0.25, 0.3) is 93.2 Å². The number of hydrogen-bond acceptors (Lipinski definition) is 1. The summed E-state index contributed by atoms with van der Waals surface area (Å²) in [6, 6.07) is 82.6. The van der Waals surface area contributed by atoms with Crippen LogP contribution in [0, 0.1) is 20.8 Å². The van der Waals surface area contributed by atoms with Crippen LogP contribution in [-0.2, 0) is 0 Å². The zero-order chi connectivity index (χ0) is 43.6. The highest BCUT2D eigenvalue weighted by Crippen LogP contribution is 2.47. The SMILES string of the molecule is Cc1cc(C)c(-c2c3ccccc3c(-c3ccc(N(c4ccc(-c5ccc6ccccc6c5)cc4)c4ccc5c(c4)c4ccccc4n5-c4ccccc4)cc3)c3ccccc23)c(C)c1. The lowest BCUT2D eigenvalue weighted by molar-refractivity contribution is 1.18. The zero-order valence-corrected chi connectivity index (χ0v) is 36.8. The van der Waals surface area contributed by atoms with Crippen LogP contribution in [0.15, 0.2) is 224 Å². The molecule has 0 fully saturated rings. The lowest BCUT2D eigenvalue weighted by Crippen LogP contribution is -2.10. The van der Waals surface area contributed by atoms with E-state index in [4.69, 9.17) is 0 Å². The first kappa shape index (κ1) is 38.5. The molecule has 0 bridgehead atoms. The Labute approximate surface area is 379 Å². The van der Waals surface area contributed by atoms with E-state index in [9.17, 15) is 0 Å². The molecule has 1 heterocycles. The molecular formula is C63H46N2. The van der Waals surface area contributed by atoms with Gasteiger partial charge in [0.25, 0.3) is 0 Å². The number of anilines is 3. The van der Waals surface area contributed by atoms with Crippen molar-refractivity contribution in [2.45, 2.75) is 20.8 Å². The maximum Gasteiger partial charge on any atom is 0.0542 e. The van der Waals surface area contributed by atoms with Gasteiger partial charge in [0, 0.05) is 33.5 Å². The molecule has 0 N–H and O–H groups in total. The number of aromatic nitrogens is 1. The highest BCUT2D eigenvalue weighted by atomic mass is 15.1. The Morgan fingerprint density at radius 2 is 0.800 bits per heavy atom. The molecule has 0 aliphatic carbocycles. The van der Waals surface area contributed by atoms with E-state index in [1.807, 2.05) is 0 Å². The largest absolute Gasteiger partial charge is 0.310 e. The summed E-state index contributed by atoms with van der Waals surface area (Å²) in [6.45, 7) is 6.71. The second kappa shape index (κ2) is 15.6. The number of aryl methyl sites for hydroxylation is 3. The molecule has 0 saturated heterocycles. The van der Waals surface area contributed by atoms with Crippen LogP contribution in [0.5, 0.6) is 0 Å². The molecular weight excluding hydrogens is 785 g/mol. The molecule has 0 aliphatic heterocycles. The van der Waals surface area contributed by atoms with Crippen LogP contribution < -0.4 is 4.90 Å². The number of fused-ring (bicyclic) bond motifs is 6. The first-order valence-corrected chi connectivity index (χ1v) is 22.6. The average molecular weight is 831 g/mol. The summed E-state index contributed by atoms with van der Waals surface area (Å²) in [6.07, 6.45) is 0. The van der Waals surface area contributed by atoms with E-state index in [1.54, 1.807) is 0 Å². The van der Waals surface area contributed by atoms with Gasteiger partial charge in [0.2, 0.25) is 0 Å². The van der Waals surface area contributed by atoms with Crippen molar-refractivity contribution in [2.75, 3.05) is 4.90 Å². The molecule has 0 spiro atoms. The van der Waals surface area contributed by atoms with E-state index in [0.29, 0.717) is 0 Å². The van der Waals surface area contributed by atoms with E-state index in [0.717, 1.165) is 22.7 Å². The van der Waals surface area contributed by atoms with E-state index >= 15 is 0 Å². The molecule has 0 amide bonds. The smallest absolute Gasteiger partial charge is 0.0542 e. The fourth-order valence-electron chi connectivity index (χ4n) is 10.6. The summed E-state index contributed by atoms with van der Waals surface area (Å²) in [7, 11) is 0. The minimum Gasteiger partial charge on any atom is -0.310 e. The fraction of sp³-hybridized carbons (Fsp3) is 0.0476. The van der Waals surface area contributed by atoms with Gasteiger partial charge in [-0.3, -0.25) is 0 Å². The van der Waals surface area contributed by atoms with E-state index in [1.165, 1.54) is 104 Å². The first-order valence-electron chi connectivity index (χ1n) is 22.6. The molecule has 308 valence electrons. The Bertz CT molecular complexity index is 3700. The van der Waals surface area contributed by atoms with Crippen LogP contribution in [0.2, 0.25) is 0 Å². The summed E-state index contributed by atoms with van der Waals surface area (Å²) in [5.41, 5.74) is 18.2. The highest BCUT2D eigenvalue weighted by Gasteiger charge is 2.21. The number of nitrogens with zero attached hydrogens (tertiary/aromatic N) is 2. The quantitative estimate of drug-likeness (QED) is 0.145. The molecule has 2 nitrogen and oxygen atoms in total. The monoisotopic (exact) mass is 830 g/mol. The number of benzene rings is 11. The van der Waals surface area contributed by atoms with Gasteiger partial charge in [-0.25, -0.2) is 0 Å². The van der Waals surface area contributed by atoms with Crippen LogP contribution in [0.4, 0.5) is 17.1 Å². The van der Waals surface area contributed by atoms with Gasteiger partial charge >= 0.3 is 0 Å². The lowest BCUT2D eigenvalue weighted by atomic mass is 9.83. The van der Waals surface area contributed by atoms with Crippen molar-refractivity contribution in [3.8, 4) is 39.1 Å². The molecule has 2 heteroatoms. The Morgan fingerprint density at radius 1 is 0.308 bits per heavy atom. The van der Waals surface area contributed by atoms with Crippen molar-refractivity contribution in [2.24, 2.45) is 0 Å². The predicted octanol–water partition coefficient (Wildman–Crippen LogP) is 17.6. The molecule has 12 aromatic rings. The summed E-state index contributed by atoms with van der Waals surface area (Å²) >= 11 is 0. The fourth-order valence-corrected chi connectivity index (χ4v) is 10.6. The van der Waals surface area contributed by atoms with Crippen molar-refractivity contribution in [1.29, 1.82) is 0 Å². The van der Waals surface area contributed by atoms with Gasteiger partial charge in [-0.15, -0.1) is 0 Å². The second-order valence-electron chi connectivity index (χ2n) is 17.5. The van der Waals surface area contributed by atoms with Crippen molar-refractivity contribution < 1.29 is 0 Å². The third-order valence-electron chi connectivity index (χ3n) is 13.4. The van der Waals surface area contributed by atoms with Crippen LogP contribution >= 0.6 is 0 Å². The van der Waals surface area contributed by atoms with Crippen molar-refractivity contribution in [3.05, 3.63) is 241 Å². The standard InChI is InChI=1S/C63H46N2/c1-41-37-42(2)61(43(3)38-41)63-56-22-11-9-20-54(56)62(55-21-10-12-23-57(55)63)46-29-33-51(34-30-46)64(50-31-27-45(28-32-50)48-26-25-44-15-7-8-16-47(44)39-48)52-35-36-60-58(40-52)53-19-13-14-24-59(53)65(60)49-17-5-4-6-18-49/h4-40H,1-3H3. The number of para-hydroxylation sites is 2. The van der Waals surface area contributed by atoms with E-state index in [-0.39, 0.29) is 0 Å². The first-order chi connectivity index (χ1) is 32.0. The van der Waals surface area contributed by atoms with Gasteiger partial charge < -0.3 is 9.47 Å². The maximum absolute atomic E-state index is 2.41. The molecule has 0 saturated carbocycles. The molecule has 0 radical (unpaired) electrons. The normalized spacial score (nSPS) is 11.6. The van der Waals surface area contributed by atoms with Crippen LogP contribution in [0.3, 0.4) is 0 Å². The summed E-state index contributed by atoms with van der Waals surface area (Å²) < 4.78 is 2.38. The van der Waals surface area contributed by atoms with Gasteiger partial charge in [-0.05, 0) is 164 Å². The van der Waals surface area contributed by atoms with Crippen LogP contribution in [-0.4, -0.2) is 4.57 Å². The molecule has 0 atom stereocenters. The third-order valence-corrected chi connectivity index (χ3v) is 13.4. The summed E-state index contributed by atoms with van der Waals surface area (Å²) in [4.78, 5) is 2.41. The number of hydrogen-bond donors (Lipinski definition) is 0. The van der Waals surface area contributed by atoms with Gasteiger partial charge in [0.05, 0.1) is 11.0 Å². The molecule has 1 aromatic heterocycles. The lowest BCUT2D eigenvalue weighted by Gasteiger charge is -2.26. The Balaban J connectivity index is 1.03. The highest BCUT2D eigenvalue weighted by molar-refractivity contribution is 6.22. The predicted molar refractivity (Wildman–Crippen MR) is 279 cm³/mol. The van der Waals surface area contributed by atoms with Gasteiger partial charge in [0.15, 0.2) is 0 Å². The van der Waals surface area contributed by atoms with Gasteiger partial charge in [-0.2, -0.15) is 0 Å². The van der Waals surface area contributed by atoms with E-state index < -0.39 is 0 Å². The van der Waals surface area contributed by atoms with Crippen molar-refractivity contribution >= 4 is 71.2 Å². The molecule has 65 heavy (non-hydrogen) atoms. The minimum absolute atomic E-state index is 1.09. The minimum atomic E-state index is 1.09. The van der Waals surface area contributed by atoms with Crippen molar-refractivity contribution in [3.63, 3.8) is 0 Å². The van der Waals surface area contributed by atoms with Crippen molar-refractivity contribution in [1.82, 2.24) is 4.57 Å². The van der Waals surface area contributed by atoms with Gasteiger partial charge in [-0.1, -0.05) is 163 Å². The molecule has 12 rings (SSSR count). The van der Waals surface area contributed by atoms with E-state index in [2.05, 4.69) is 255 Å². The second-order valence-corrected chi connectivity index (χ2v) is 17.5. The Morgan fingerprint density at radius 3 is 1.45 bits per heavy atom. The van der Waals surface area contributed by atoms with Gasteiger partial charge in [0.1, 0.15) is 0 Å². The Hall–Kier alpha value is -8.20. The summed E-state index contributed by atoms with van der Waals surface area (Å²) in [5.74, 6) is 0. The third kappa shape index (κ3) is 6.49. The average Bonchev–Trinajstić information content (AvgIpc) is 3.68. The molecule has 0 unspecified atom stereocenters. The Kier molecular flexibility index (Phi) is 9.21. The number of rotatable bonds is 7. The summed E-state index contributed by atoms with van der Waals surface area (Å²) in [5, 5.41) is 10.0.